The number of amides is 1. The first-order chi connectivity index (χ1) is 9.06. The molecular formula is C14H10BrF2NO. The van der Waals surface area contributed by atoms with Crippen LogP contribution in [0.4, 0.5) is 8.78 Å². The van der Waals surface area contributed by atoms with Crippen LogP contribution in [-0.4, -0.2) is 5.91 Å². The lowest BCUT2D eigenvalue weighted by molar-refractivity contribution is 0.0950. The molecule has 0 saturated carbocycles. The summed E-state index contributed by atoms with van der Waals surface area (Å²) < 4.78 is 26.2. The summed E-state index contributed by atoms with van der Waals surface area (Å²) >= 11 is 3.12. The van der Waals surface area contributed by atoms with E-state index in [2.05, 4.69) is 21.2 Å². The standard InChI is InChI=1S/C14H10BrF2NO/c15-13-7-11(17)4-5-12(13)14(19)18-8-9-2-1-3-10(16)6-9/h1-7H,8H2,(H,18,19). The highest BCUT2D eigenvalue weighted by molar-refractivity contribution is 9.10. The molecule has 0 heterocycles. The number of hydrogen-bond donors (Lipinski definition) is 1. The molecule has 2 rings (SSSR count). The fraction of sp³-hybridized carbons (Fsp3) is 0.0714. The highest BCUT2D eigenvalue weighted by Crippen LogP contribution is 2.18. The fourth-order valence-corrected chi connectivity index (χ4v) is 2.13. The molecule has 19 heavy (non-hydrogen) atoms. The molecule has 0 unspecified atom stereocenters. The van der Waals surface area contributed by atoms with Crippen molar-refractivity contribution in [3.05, 3.63) is 69.7 Å². The van der Waals surface area contributed by atoms with E-state index in [-0.39, 0.29) is 18.3 Å². The molecule has 0 saturated heterocycles. The van der Waals surface area contributed by atoms with Crippen LogP contribution in [0.15, 0.2) is 46.9 Å². The predicted molar refractivity (Wildman–Crippen MR) is 71.7 cm³/mol. The van der Waals surface area contributed by atoms with Gasteiger partial charge in [0, 0.05) is 11.0 Å². The van der Waals surface area contributed by atoms with Crippen molar-refractivity contribution in [3.63, 3.8) is 0 Å². The molecule has 0 radical (unpaired) electrons. The summed E-state index contributed by atoms with van der Waals surface area (Å²) in [5, 5.41) is 2.64. The van der Waals surface area contributed by atoms with E-state index < -0.39 is 5.82 Å². The normalized spacial score (nSPS) is 10.3. The SMILES string of the molecule is O=C(NCc1cccc(F)c1)c1ccc(F)cc1Br. The highest BCUT2D eigenvalue weighted by atomic mass is 79.9. The monoisotopic (exact) mass is 325 g/mol. The summed E-state index contributed by atoms with van der Waals surface area (Å²) in [6.45, 7) is 0.209. The molecule has 5 heteroatoms. The minimum atomic E-state index is -0.423. The third kappa shape index (κ3) is 3.61. The third-order valence-corrected chi connectivity index (χ3v) is 3.17. The zero-order valence-electron chi connectivity index (χ0n) is 9.79. The van der Waals surface area contributed by atoms with Crippen molar-refractivity contribution in [3.8, 4) is 0 Å². The Labute approximate surface area is 117 Å². The van der Waals surface area contributed by atoms with Gasteiger partial charge in [-0.1, -0.05) is 12.1 Å². The van der Waals surface area contributed by atoms with Crippen molar-refractivity contribution in [2.24, 2.45) is 0 Å². The summed E-state index contributed by atoms with van der Waals surface area (Å²) in [6, 6.07) is 9.79. The van der Waals surface area contributed by atoms with Crippen LogP contribution in [0.2, 0.25) is 0 Å². The largest absolute Gasteiger partial charge is 0.348 e. The molecule has 1 N–H and O–H groups in total. The zero-order chi connectivity index (χ0) is 13.8. The lowest BCUT2D eigenvalue weighted by Gasteiger charge is -2.07. The molecule has 0 aliphatic carbocycles. The van der Waals surface area contributed by atoms with Gasteiger partial charge in [-0.05, 0) is 51.8 Å². The van der Waals surface area contributed by atoms with Crippen LogP contribution in [0.1, 0.15) is 15.9 Å². The van der Waals surface area contributed by atoms with Crippen LogP contribution in [0, 0.1) is 11.6 Å². The zero-order valence-corrected chi connectivity index (χ0v) is 11.4. The third-order valence-electron chi connectivity index (χ3n) is 2.52. The first-order valence-corrected chi connectivity index (χ1v) is 6.33. The summed E-state index contributed by atoms with van der Waals surface area (Å²) in [6.07, 6.45) is 0. The van der Waals surface area contributed by atoms with Crippen molar-refractivity contribution >= 4 is 21.8 Å². The van der Waals surface area contributed by atoms with Crippen LogP contribution in [0.5, 0.6) is 0 Å². The molecule has 0 aliphatic rings. The van der Waals surface area contributed by atoms with Gasteiger partial charge in [-0.25, -0.2) is 8.78 Å². The van der Waals surface area contributed by atoms with E-state index in [1.807, 2.05) is 0 Å². The fourth-order valence-electron chi connectivity index (χ4n) is 1.60. The lowest BCUT2D eigenvalue weighted by Crippen LogP contribution is -2.23. The van der Waals surface area contributed by atoms with Gasteiger partial charge in [-0.2, -0.15) is 0 Å². The molecule has 0 spiro atoms. The Morgan fingerprint density at radius 3 is 2.53 bits per heavy atom. The van der Waals surface area contributed by atoms with Crippen LogP contribution in [-0.2, 0) is 6.54 Å². The summed E-state index contributed by atoms with van der Waals surface area (Å²) in [5.41, 5.74) is 0.990. The van der Waals surface area contributed by atoms with E-state index in [1.165, 1.54) is 30.3 Å². The Morgan fingerprint density at radius 1 is 1.11 bits per heavy atom. The molecule has 1 amide bonds. The Bertz CT molecular complexity index is 616. The van der Waals surface area contributed by atoms with Gasteiger partial charge >= 0.3 is 0 Å². The van der Waals surface area contributed by atoms with Crippen LogP contribution >= 0.6 is 15.9 Å². The van der Waals surface area contributed by atoms with E-state index in [0.29, 0.717) is 15.6 Å². The molecule has 0 aromatic heterocycles. The van der Waals surface area contributed by atoms with Crippen molar-refractivity contribution < 1.29 is 13.6 Å². The summed E-state index contributed by atoms with van der Waals surface area (Å²) in [7, 11) is 0. The van der Waals surface area contributed by atoms with Crippen molar-refractivity contribution in [1.29, 1.82) is 0 Å². The number of halogens is 3. The molecule has 2 aromatic rings. The molecular weight excluding hydrogens is 316 g/mol. The van der Waals surface area contributed by atoms with E-state index in [4.69, 9.17) is 0 Å². The van der Waals surface area contributed by atoms with Crippen molar-refractivity contribution in [2.45, 2.75) is 6.54 Å². The molecule has 2 aromatic carbocycles. The first kappa shape index (κ1) is 13.7. The number of benzene rings is 2. The summed E-state index contributed by atoms with van der Waals surface area (Å²) in [5.74, 6) is -1.13. The maximum atomic E-state index is 13.0. The molecule has 0 atom stereocenters. The van der Waals surface area contributed by atoms with E-state index in [1.54, 1.807) is 12.1 Å². The van der Waals surface area contributed by atoms with Gasteiger partial charge in [-0.3, -0.25) is 4.79 Å². The van der Waals surface area contributed by atoms with Gasteiger partial charge in [-0.15, -0.1) is 0 Å². The van der Waals surface area contributed by atoms with Crippen molar-refractivity contribution in [1.82, 2.24) is 5.32 Å². The number of rotatable bonds is 3. The lowest BCUT2D eigenvalue weighted by atomic mass is 10.2. The molecule has 0 bridgehead atoms. The second kappa shape index (κ2) is 5.93. The van der Waals surface area contributed by atoms with E-state index >= 15 is 0 Å². The van der Waals surface area contributed by atoms with Gasteiger partial charge in [0.05, 0.1) is 5.56 Å². The number of hydrogen-bond acceptors (Lipinski definition) is 1. The average molecular weight is 326 g/mol. The minimum Gasteiger partial charge on any atom is -0.348 e. The number of nitrogens with one attached hydrogen (secondary N) is 1. The Morgan fingerprint density at radius 2 is 1.84 bits per heavy atom. The number of carbonyl (C=O) groups excluding carboxylic acids is 1. The Kier molecular flexibility index (Phi) is 4.27. The number of carbonyl (C=O) groups is 1. The maximum absolute atomic E-state index is 13.0. The van der Waals surface area contributed by atoms with Gasteiger partial charge in [0.15, 0.2) is 0 Å². The van der Waals surface area contributed by atoms with Crippen molar-refractivity contribution in [2.75, 3.05) is 0 Å². The second-order valence-electron chi connectivity index (χ2n) is 3.94. The quantitative estimate of drug-likeness (QED) is 0.916. The van der Waals surface area contributed by atoms with Crippen LogP contribution in [0.3, 0.4) is 0 Å². The Hall–Kier alpha value is -1.75. The van der Waals surface area contributed by atoms with Gasteiger partial charge < -0.3 is 5.32 Å². The minimum absolute atomic E-state index is 0.209. The maximum Gasteiger partial charge on any atom is 0.252 e. The van der Waals surface area contributed by atoms with E-state index in [0.717, 1.165) is 0 Å². The summed E-state index contributed by atoms with van der Waals surface area (Å²) in [4.78, 5) is 11.9. The molecule has 98 valence electrons. The van der Waals surface area contributed by atoms with Gasteiger partial charge in [0.2, 0.25) is 0 Å². The smallest absolute Gasteiger partial charge is 0.252 e. The first-order valence-electron chi connectivity index (χ1n) is 5.54. The van der Waals surface area contributed by atoms with Gasteiger partial charge in [0.25, 0.3) is 5.91 Å². The van der Waals surface area contributed by atoms with Crippen LogP contribution in [0.25, 0.3) is 0 Å². The molecule has 2 nitrogen and oxygen atoms in total. The molecule has 0 aliphatic heterocycles. The van der Waals surface area contributed by atoms with Crippen LogP contribution < -0.4 is 5.32 Å². The predicted octanol–water partition coefficient (Wildman–Crippen LogP) is 3.66. The topological polar surface area (TPSA) is 29.1 Å². The second-order valence-corrected chi connectivity index (χ2v) is 4.79. The van der Waals surface area contributed by atoms with E-state index in [9.17, 15) is 13.6 Å². The molecule has 0 fully saturated rings. The van der Waals surface area contributed by atoms with Gasteiger partial charge in [0.1, 0.15) is 11.6 Å². The Balaban J connectivity index is 2.05. The highest BCUT2D eigenvalue weighted by Gasteiger charge is 2.10. The average Bonchev–Trinajstić information content (AvgIpc) is 2.36.